The maximum Gasteiger partial charge on any atom is 0.426 e. The fourth-order valence-corrected chi connectivity index (χ4v) is 2.59. The van der Waals surface area contributed by atoms with Crippen molar-refractivity contribution in [1.29, 1.82) is 0 Å². The Bertz CT molecular complexity index is 720. The molecule has 0 aliphatic carbocycles. The molecule has 1 amide bonds. The average Bonchev–Trinajstić information content (AvgIpc) is 2.31. The highest BCUT2D eigenvalue weighted by Gasteiger charge is 2.55. The lowest BCUT2D eigenvalue weighted by atomic mass is 10.1. The van der Waals surface area contributed by atoms with E-state index in [1.54, 1.807) is 5.32 Å². The highest BCUT2D eigenvalue weighted by atomic mass is 35.5. The summed E-state index contributed by atoms with van der Waals surface area (Å²) in [6.07, 6.45) is -5.23. The normalized spacial score (nSPS) is 15.3. The van der Waals surface area contributed by atoms with Crippen LogP contribution in [0.4, 0.5) is 18.9 Å². The summed E-state index contributed by atoms with van der Waals surface area (Å²) in [5, 5.41) is 14.7. The van der Waals surface area contributed by atoms with Crippen LogP contribution in [0, 0.1) is 0 Å². The molecular formula is C10H9Cl2F3N2O4S. The van der Waals surface area contributed by atoms with E-state index >= 15 is 0 Å². The number of benzene rings is 1. The molecule has 0 aromatic heterocycles. The lowest BCUT2D eigenvalue weighted by Crippen LogP contribution is -2.52. The van der Waals surface area contributed by atoms with Crippen LogP contribution >= 0.6 is 23.2 Å². The van der Waals surface area contributed by atoms with E-state index in [2.05, 4.69) is 0 Å². The molecule has 0 heterocycles. The number of amides is 1. The summed E-state index contributed by atoms with van der Waals surface area (Å²) in [7, 11) is -4.21. The molecular weight excluding hydrogens is 372 g/mol. The van der Waals surface area contributed by atoms with Crippen LogP contribution in [0.15, 0.2) is 17.0 Å². The Morgan fingerprint density at radius 2 is 1.77 bits per heavy atom. The van der Waals surface area contributed by atoms with Crippen molar-refractivity contribution in [2.45, 2.75) is 23.6 Å². The summed E-state index contributed by atoms with van der Waals surface area (Å²) in [5.74, 6) is -1.82. The minimum absolute atomic E-state index is 0.247. The Morgan fingerprint density at radius 3 is 2.18 bits per heavy atom. The number of halogens is 5. The summed E-state index contributed by atoms with van der Waals surface area (Å²) in [6.45, 7) is 0.247. The molecule has 22 heavy (non-hydrogen) atoms. The third-order valence-electron chi connectivity index (χ3n) is 2.60. The quantitative estimate of drug-likeness (QED) is 0.743. The van der Waals surface area contributed by atoms with E-state index in [1.807, 2.05) is 0 Å². The van der Waals surface area contributed by atoms with Gasteiger partial charge in [-0.3, -0.25) is 4.79 Å². The standard InChI is InChI=1S/C10H9Cl2F3N2O4S/c1-9(19,10(13,14)15)8(18)17-4-2-3-5(22(16,20)21)7(12)6(4)11/h2-3,19H,1H3,(H,17,18)(H2,16,20,21)/t9-/m1/s1. The van der Waals surface area contributed by atoms with E-state index in [9.17, 15) is 31.5 Å². The lowest BCUT2D eigenvalue weighted by Gasteiger charge is -2.25. The molecule has 12 heteroatoms. The minimum Gasteiger partial charge on any atom is -0.373 e. The minimum atomic E-state index is -5.23. The summed E-state index contributed by atoms with van der Waals surface area (Å²) in [6, 6.07) is 1.74. The number of hydrogen-bond acceptors (Lipinski definition) is 4. The molecule has 0 fully saturated rings. The van der Waals surface area contributed by atoms with Crippen molar-refractivity contribution in [2.24, 2.45) is 5.14 Å². The zero-order valence-electron chi connectivity index (χ0n) is 10.7. The number of nitrogens with two attached hydrogens (primary N) is 1. The molecule has 0 unspecified atom stereocenters. The zero-order valence-corrected chi connectivity index (χ0v) is 13.0. The molecule has 1 aromatic carbocycles. The van der Waals surface area contributed by atoms with Crippen LogP contribution in [0.3, 0.4) is 0 Å². The Hall–Kier alpha value is -1.07. The summed E-state index contributed by atoms with van der Waals surface area (Å²) in [4.78, 5) is 10.9. The van der Waals surface area contributed by atoms with Gasteiger partial charge in [0.1, 0.15) is 4.90 Å². The fourth-order valence-electron chi connectivity index (χ4n) is 1.22. The van der Waals surface area contributed by atoms with E-state index in [0.717, 1.165) is 12.1 Å². The first-order chi connectivity index (χ1) is 9.69. The number of sulfonamides is 1. The molecule has 0 saturated carbocycles. The molecule has 4 N–H and O–H groups in total. The summed E-state index contributed by atoms with van der Waals surface area (Å²) < 4.78 is 59.9. The first kappa shape index (κ1) is 19.0. The molecule has 124 valence electrons. The predicted octanol–water partition coefficient (Wildman–Crippen LogP) is 1.89. The van der Waals surface area contributed by atoms with Gasteiger partial charge in [0.15, 0.2) is 0 Å². The zero-order chi connectivity index (χ0) is 17.5. The van der Waals surface area contributed by atoms with Gasteiger partial charge in [0.05, 0.1) is 15.7 Å². The Labute approximate surface area is 133 Å². The van der Waals surface area contributed by atoms with Crippen LogP contribution in [-0.4, -0.2) is 31.2 Å². The number of rotatable bonds is 3. The van der Waals surface area contributed by atoms with Crippen molar-refractivity contribution >= 4 is 44.8 Å². The smallest absolute Gasteiger partial charge is 0.373 e. The Kier molecular flexibility index (Phi) is 5.05. The van der Waals surface area contributed by atoms with Gasteiger partial charge in [-0.2, -0.15) is 13.2 Å². The van der Waals surface area contributed by atoms with E-state index in [-0.39, 0.29) is 6.92 Å². The highest BCUT2D eigenvalue weighted by molar-refractivity contribution is 7.89. The third-order valence-corrected chi connectivity index (χ3v) is 4.54. The van der Waals surface area contributed by atoms with E-state index < -0.39 is 48.3 Å². The third kappa shape index (κ3) is 3.63. The largest absolute Gasteiger partial charge is 0.426 e. The van der Waals surface area contributed by atoms with Gasteiger partial charge in [-0.15, -0.1) is 0 Å². The fraction of sp³-hybridized carbons (Fsp3) is 0.300. The lowest BCUT2D eigenvalue weighted by molar-refractivity contribution is -0.242. The number of aliphatic hydroxyl groups is 1. The number of carbonyl (C=O) groups excluding carboxylic acids is 1. The van der Waals surface area contributed by atoms with E-state index in [4.69, 9.17) is 28.3 Å². The van der Waals surface area contributed by atoms with Gasteiger partial charge in [0.25, 0.3) is 5.91 Å². The van der Waals surface area contributed by atoms with Gasteiger partial charge in [-0.05, 0) is 19.1 Å². The average molecular weight is 381 g/mol. The van der Waals surface area contributed by atoms with Crippen molar-refractivity contribution in [3.05, 3.63) is 22.2 Å². The molecule has 0 spiro atoms. The SMILES string of the molecule is C[C@@](O)(C(=O)Nc1ccc(S(N)(=O)=O)c(Cl)c1Cl)C(F)(F)F. The summed E-state index contributed by atoms with van der Waals surface area (Å²) in [5.41, 5.74) is -4.10. The van der Waals surface area contributed by atoms with Crippen LogP contribution < -0.4 is 10.5 Å². The van der Waals surface area contributed by atoms with Gasteiger partial charge in [0, 0.05) is 0 Å². The Morgan fingerprint density at radius 1 is 1.27 bits per heavy atom. The highest BCUT2D eigenvalue weighted by Crippen LogP contribution is 2.36. The maximum atomic E-state index is 12.5. The molecule has 0 radical (unpaired) electrons. The molecule has 1 atom stereocenters. The van der Waals surface area contributed by atoms with Crippen molar-refractivity contribution in [2.75, 3.05) is 5.32 Å². The van der Waals surface area contributed by atoms with Crippen molar-refractivity contribution in [3.8, 4) is 0 Å². The number of nitrogens with one attached hydrogen (secondary N) is 1. The second-order valence-electron chi connectivity index (χ2n) is 4.31. The van der Waals surface area contributed by atoms with E-state index in [1.165, 1.54) is 0 Å². The monoisotopic (exact) mass is 380 g/mol. The number of anilines is 1. The first-order valence-electron chi connectivity index (χ1n) is 5.31. The molecule has 0 bridgehead atoms. The summed E-state index contributed by atoms with van der Waals surface area (Å²) >= 11 is 11.3. The van der Waals surface area contributed by atoms with Gasteiger partial charge < -0.3 is 10.4 Å². The molecule has 6 nitrogen and oxygen atoms in total. The second kappa shape index (κ2) is 5.85. The molecule has 1 aromatic rings. The van der Waals surface area contributed by atoms with Gasteiger partial charge in [0.2, 0.25) is 15.6 Å². The molecule has 0 aliphatic heterocycles. The molecule has 1 rings (SSSR count). The van der Waals surface area contributed by atoms with E-state index in [0.29, 0.717) is 0 Å². The van der Waals surface area contributed by atoms with Crippen LogP contribution in [0.5, 0.6) is 0 Å². The number of primary sulfonamides is 1. The van der Waals surface area contributed by atoms with Crippen LogP contribution in [0.1, 0.15) is 6.92 Å². The van der Waals surface area contributed by atoms with Crippen molar-refractivity contribution in [1.82, 2.24) is 0 Å². The van der Waals surface area contributed by atoms with Crippen molar-refractivity contribution < 1.29 is 31.5 Å². The maximum absolute atomic E-state index is 12.5. The van der Waals surface area contributed by atoms with Crippen LogP contribution in [-0.2, 0) is 14.8 Å². The molecule has 0 saturated heterocycles. The second-order valence-corrected chi connectivity index (χ2v) is 6.59. The topological polar surface area (TPSA) is 109 Å². The Balaban J connectivity index is 3.22. The number of alkyl halides is 3. The van der Waals surface area contributed by atoms with Crippen LogP contribution in [0.2, 0.25) is 10.0 Å². The number of hydrogen-bond donors (Lipinski definition) is 3. The first-order valence-corrected chi connectivity index (χ1v) is 7.61. The van der Waals surface area contributed by atoms with Gasteiger partial charge >= 0.3 is 6.18 Å². The number of carbonyl (C=O) groups is 1. The van der Waals surface area contributed by atoms with Gasteiger partial charge in [-0.25, -0.2) is 13.6 Å². The predicted molar refractivity (Wildman–Crippen MR) is 73.1 cm³/mol. The van der Waals surface area contributed by atoms with Crippen LogP contribution in [0.25, 0.3) is 0 Å². The van der Waals surface area contributed by atoms with Crippen molar-refractivity contribution in [3.63, 3.8) is 0 Å². The molecule has 0 aliphatic rings. The van der Waals surface area contributed by atoms with Gasteiger partial charge in [-0.1, -0.05) is 23.2 Å².